The Bertz CT molecular complexity index is 563. The van der Waals surface area contributed by atoms with E-state index >= 15 is 0 Å². The number of halogens is 2. The van der Waals surface area contributed by atoms with Gasteiger partial charge in [0.05, 0.1) is 17.0 Å². The van der Waals surface area contributed by atoms with Gasteiger partial charge < -0.3 is 9.73 Å². The normalized spacial score (nSPS) is 10.3. The standard InChI is InChI=1S/C12H9Cl2NO2/c1-7-4-5-17-11(7)12(16)15-10-3-2-8(13)6-9(10)14/h2-6H,1H3,(H,15,16). The molecule has 0 spiro atoms. The van der Waals surface area contributed by atoms with Crippen molar-refractivity contribution in [1.29, 1.82) is 0 Å². The van der Waals surface area contributed by atoms with E-state index in [2.05, 4.69) is 5.32 Å². The number of carbonyl (C=O) groups is 1. The van der Waals surface area contributed by atoms with Crippen LogP contribution in [0, 0.1) is 6.92 Å². The molecule has 0 aliphatic heterocycles. The number of hydrogen-bond acceptors (Lipinski definition) is 2. The molecule has 0 aliphatic carbocycles. The van der Waals surface area contributed by atoms with E-state index in [1.54, 1.807) is 31.2 Å². The maximum atomic E-state index is 11.8. The minimum atomic E-state index is -0.336. The molecule has 0 fully saturated rings. The maximum Gasteiger partial charge on any atom is 0.291 e. The van der Waals surface area contributed by atoms with Crippen LogP contribution in [0.1, 0.15) is 16.1 Å². The minimum absolute atomic E-state index is 0.274. The van der Waals surface area contributed by atoms with Crippen LogP contribution in [-0.2, 0) is 0 Å². The third-order valence-electron chi connectivity index (χ3n) is 2.25. The van der Waals surface area contributed by atoms with Crippen molar-refractivity contribution in [2.24, 2.45) is 0 Å². The quantitative estimate of drug-likeness (QED) is 0.890. The second-order valence-electron chi connectivity index (χ2n) is 3.51. The summed E-state index contributed by atoms with van der Waals surface area (Å²) in [4.78, 5) is 11.8. The molecular weight excluding hydrogens is 261 g/mol. The van der Waals surface area contributed by atoms with Gasteiger partial charge >= 0.3 is 0 Å². The molecule has 1 aromatic heterocycles. The molecule has 5 heteroatoms. The van der Waals surface area contributed by atoms with Gasteiger partial charge in [-0.2, -0.15) is 0 Å². The Kier molecular flexibility index (Phi) is 3.41. The predicted molar refractivity (Wildman–Crippen MR) is 67.9 cm³/mol. The van der Waals surface area contributed by atoms with Crippen LogP contribution < -0.4 is 5.32 Å². The molecule has 1 N–H and O–H groups in total. The van der Waals surface area contributed by atoms with Crippen molar-refractivity contribution in [3.8, 4) is 0 Å². The van der Waals surface area contributed by atoms with E-state index < -0.39 is 0 Å². The van der Waals surface area contributed by atoms with Gasteiger partial charge in [-0.1, -0.05) is 23.2 Å². The molecule has 0 unspecified atom stereocenters. The summed E-state index contributed by atoms with van der Waals surface area (Å²) in [6.45, 7) is 1.79. The first-order valence-corrected chi connectivity index (χ1v) is 5.64. The molecule has 0 radical (unpaired) electrons. The SMILES string of the molecule is Cc1ccoc1C(=O)Nc1ccc(Cl)cc1Cl. The third kappa shape index (κ3) is 2.62. The van der Waals surface area contributed by atoms with Gasteiger partial charge in [0, 0.05) is 10.6 Å². The molecule has 0 aliphatic rings. The van der Waals surface area contributed by atoms with Crippen LogP contribution in [0.15, 0.2) is 34.9 Å². The van der Waals surface area contributed by atoms with Gasteiger partial charge in [0.25, 0.3) is 5.91 Å². The van der Waals surface area contributed by atoms with Crippen molar-refractivity contribution >= 4 is 34.8 Å². The summed E-state index contributed by atoms with van der Waals surface area (Å²) in [7, 11) is 0. The molecular formula is C12H9Cl2NO2. The monoisotopic (exact) mass is 269 g/mol. The first kappa shape index (κ1) is 12.0. The molecule has 2 rings (SSSR count). The van der Waals surface area contributed by atoms with Gasteiger partial charge in [0.1, 0.15) is 0 Å². The fourth-order valence-electron chi connectivity index (χ4n) is 1.38. The molecule has 3 nitrogen and oxygen atoms in total. The molecule has 1 aromatic carbocycles. The predicted octanol–water partition coefficient (Wildman–Crippen LogP) is 4.15. The average Bonchev–Trinajstić information content (AvgIpc) is 2.68. The highest BCUT2D eigenvalue weighted by atomic mass is 35.5. The highest BCUT2D eigenvalue weighted by Crippen LogP contribution is 2.26. The average molecular weight is 270 g/mol. The molecule has 0 saturated carbocycles. The number of hydrogen-bond donors (Lipinski definition) is 1. The summed E-state index contributed by atoms with van der Waals surface area (Å²) >= 11 is 11.7. The largest absolute Gasteiger partial charge is 0.459 e. The molecule has 0 atom stereocenters. The lowest BCUT2D eigenvalue weighted by Crippen LogP contribution is -2.12. The Hall–Kier alpha value is -1.45. The molecule has 0 saturated heterocycles. The molecule has 88 valence electrons. The van der Waals surface area contributed by atoms with E-state index in [9.17, 15) is 4.79 Å². The fourth-order valence-corrected chi connectivity index (χ4v) is 1.83. The van der Waals surface area contributed by atoms with Crippen molar-refractivity contribution < 1.29 is 9.21 Å². The van der Waals surface area contributed by atoms with Gasteiger partial charge in [-0.15, -0.1) is 0 Å². The van der Waals surface area contributed by atoms with Crippen molar-refractivity contribution in [3.05, 3.63) is 51.9 Å². The van der Waals surface area contributed by atoms with E-state index in [0.717, 1.165) is 5.56 Å². The molecule has 0 bridgehead atoms. The molecule has 2 aromatic rings. The maximum absolute atomic E-state index is 11.8. The summed E-state index contributed by atoms with van der Waals surface area (Å²) in [5, 5.41) is 3.56. The highest BCUT2D eigenvalue weighted by molar-refractivity contribution is 6.36. The van der Waals surface area contributed by atoms with E-state index in [-0.39, 0.29) is 11.7 Å². The lowest BCUT2D eigenvalue weighted by atomic mass is 10.2. The number of carbonyl (C=O) groups excluding carboxylic acids is 1. The zero-order valence-corrected chi connectivity index (χ0v) is 10.5. The van der Waals surface area contributed by atoms with Crippen molar-refractivity contribution in [1.82, 2.24) is 0 Å². The zero-order chi connectivity index (χ0) is 12.4. The van der Waals surface area contributed by atoms with E-state index in [1.807, 2.05) is 0 Å². The van der Waals surface area contributed by atoms with E-state index in [0.29, 0.717) is 15.7 Å². The first-order valence-electron chi connectivity index (χ1n) is 4.88. The lowest BCUT2D eigenvalue weighted by molar-refractivity contribution is 0.0996. The van der Waals surface area contributed by atoms with Crippen LogP contribution in [0.25, 0.3) is 0 Å². The van der Waals surface area contributed by atoms with Gasteiger partial charge in [0.15, 0.2) is 5.76 Å². The van der Waals surface area contributed by atoms with Crippen LogP contribution in [0.2, 0.25) is 10.0 Å². The number of furan rings is 1. The topological polar surface area (TPSA) is 42.2 Å². The lowest BCUT2D eigenvalue weighted by Gasteiger charge is -2.06. The number of amides is 1. The van der Waals surface area contributed by atoms with Crippen molar-refractivity contribution in [2.45, 2.75) is 6.92 Å². The zero-order valence-electron chi connectivity index (χ0n) is 8.96. The minimum Gasteiger partial charge on any atom is -0.459 e. The molecule has 1 heterocycles. The van der Waals surface area contributed by atoms with Gasteiger partial charge in [-0.05, 0) is 31.2 Å². The Labute approximate surface area is 108 Å². The van der Waals surface area contributed by atoms with Crippen LogP contribution in [0.3, 0.4) is 0 Å². The second kappa shape index (κ2) is 4.82. The highest BCUT2D eigenvalue weighted by Gasteiger charge is 2.14. The summed E-state index contributed by atoms with van der Waals surface area (Å²) < 4.78 is 5.08. The third-order valence-corrected chi connectivity index (χ3v) is 2.80. The van der Waals surface area contributed by atoms with E-state index in [1.165, 1.54) is 6.26 Å². The molecule has 1 amide bonds. The van der Waals surface area contributed by atoms with Gasteiger partial charge in [-0.25, -0.2) is 0 Å². The summed E-state index contributed by atoms with van der Waals surface area (Å²) in [5.41, 5.74) is 1.27. The van der Waals surface area contributed by atoms with Gasteiger partial charge in [0.2, 0.25) is 0 Å². The first-order chi connectivity index (χ1) is 8.08. The Morgan fingerprint density at radius 1 is 1.29 bits per heavy atom. The number of benzene rings is 1. The summed E-state index contributed by atoms with van der Waals surface area (Å²) in [6, 6.07) is 6.57. The summed E-state index contributed by atoms with van der Waals surface area (Å²) in [6.07, 6.45) is 1.47. The van der Waals surface area contributed by atoms with Crippen molar-refractivity contribution in [2.75, 3.05) is 5.32 Å². The van der Waals surface area contributed by atoms with Crippen LogP contribution >= 0.6 is 23.2 Å². The van der Waals surface area contributed by atoms with Crippen molar-refractivity contribution in [3.63, 3.8) is 0 Å². The smallest absolute Gasteiger partial charge is 0.291 e. The Morgan fingerprint density at radius 3 is 2.65 bits per heavy atom. The van der Waals surface area contributed by atoms with Gasteiger partial charge in [-0.3, -0.25) is 4.79 Å². The Balaban J connectivity index is 2.22. The number of rotatable bonds is 2. The number of aryl methyl sites for hydroxylation is 1. The van der Waals surface area contributed by atoms with Crippen LogP contribution in [0.5, 0.6) is 0 Å². The fraction of sp³-hybridized carbons (Fsp3) is 0.0833. The van der Waals surface area contributed by atoms with Crippen LogP contribution in [0.4, 0.5) is 5.69 Å². The van der Waals surface area contributed by atoms with Crippen LogP contribution in [-0.4, -0.2) is 5.91 Å². The number of anilines is 1. The van der Waals surface area contributed by atoms with E-state index in [4.69, 9.17) is 27.6 Å². The Morgan fingerprint density at radius 2 is 2.06 bits per heavy atom. The second-order valence-corrected chi connectivity index (χ2v) is 4.35. The summed E-state index contributed by atoms with van der Waals surface area (Å²) in [5.74, 6) is -0.0623. The number of nitrogens with one attached hydrogen (secondary N) is 1. The molecule has 17 heavy (non-hydrogen) atoms.